The van der Waals surface area contributed by atoms with Crippen molar-refractivity contribution in [2.45, 2.75) is 30.6 Å². The van der Waals surface area contributed by atoms with Crippen molar-refractivity contribution in [2.24, 2.45) is 0 Å². The third-order valence-electron chi connectivity index (χ3n) is 4.75. The smallest absolute Gasteiger partial charge is 0.338 e. The molecule has 0 radical (unpaired) electrons. The van der Waals surface area contributed by atoms with Gasteiger partial charge in [-0.3, -0.25) is 4.79 Å². The van der Waals surface area contributed by atoms with E-state index in [9.17, 15) is 22.4 Å². The van der Waals surface area contributed by atoms with Crippen molar-refractivity contribution in [3.63, 3.8) is 0 Å². The van der Waals surface area contributed by atoms with Crippen molar-refractivity contribution in [3.8, 4) is 0 Å². The molecular weight excluding hydrogens is 397 g/mol. The molecule has 0 aliphatic carbocycles. The molecule has 8 heteroatoms. The molecule has 6 nitrogen and oxygen atoms in total. The highest BCUT2D eigenvalue weighted by atomic mass is 32.2. The molecule has 1 aliphatic heterocycles. The zero-order valence-corrected chi connectivity index (χ0v) is 16.7. The van der Waals surface area contributed by atoms with Gasteiger partial charge in [-0.25, -0.2) is 17.6 Å². The van der Waals surface area contributed by atoms with Crippen LogP contribution in [0.4, 0.5) is 4.39 Å². The second-order valence-corrected chi connectivity index (χ2v) is 8.79. The number of nitrogens with zero attached hydrogens (tertiary/aromatic N) is 1. The third-order valence-corrected chi connectivity index (χ3v) is 6.65. The van der Waals surface area contributed by atoms with Gasteiger partial charge in [0.15, 0.2) is 12.4 Å². The number of ketones is 1. The third kappa shape index (κ3) is 5.27. The largest absolute Gasteiger partial charge is 0.454 e. The Balaban J connectivity index is 1.69. The highest BCUT2D eigenvalue weighted by molar-refractivity contribution is 7.89. The van der Waals surface area contributed by atoms with Crippen LogP contribution in [0.3, 0.4) is 0 Å². The van der Waals surface area contributed by atoms with E-state index in [1.807, 2.05) is 0 Å². The summed E-state index contributed by atoms with van der Waals surface area (Å²) in [5, 5.41) is 0. The molecule has 1 fully saturated rings. The number of ether oxygens (including phenoxy) is 1. The summed E-state index contributed by atoms with van der Waals surface area (Å²) in [6.07, 6.45) is 3.61. The molecule has 1 saturated heterocycles. The van der Waals surface area contributed by atoms with Gasteiger partial charge in [-0.15, -0.1) is 0 Å². The molecule has 154 valence electrons. The summed E-state index contributed by atoms with van der Waals surface area (Å²) >= 11 is 0. The Labute approximate surface area is 169 Å². The number of hydrogen-bond acceptors (Lipinski definition) is 5. The molecule has 0 N–H and O–H groups in total. The van der Waals surface area contributed by atoms with Gasteiger partial charge in [0.2, 0.25) is 10.0 Å². The Kier molecular flexibility index (Phi) is 6.76. The standard InChI is InChI=1S/C21H22FNO5S/c22-18-9-5-7-16(13-18)20(24)15-28-21(25)17-8-6-10-19(14-17)29(26,27)23-11-3-1-2-4-12-23/h5-10,13-14H,1-4,11-12,15H2. The average molecular weight is 419 g/mol. The Morgan fingerprint density at radius 2 is 1.59 bits per heavy atom. The highest BCUT2D eigenvalue weighted by Gasteiger charge is 2.26. The molecule has 3 rings (SSSR count). The number of esters is 1. The maximum atomic E-state index is 13.2. The molecule has 0 spiro atoms. The van der Waals surface area contributed by atoms with E-state index in [2.05, 4.69) is 0 Å². The van der Waals surface area contributed by atoms with E-state index >= 15 is 0 Å². The summed E-state index contributed by atoms with van der Waals surface area (Å²) in [5.74, 6) is -1.93. The number of sulfonamides is 1. The summed E-state index contributed by atoms with van der Waals surface area (Å²) < 4.78 is 45.4. The van der Waals surface area contributed by atoms with E-state index in [-0.39, 0.29) is 16.0 Å². The molecule has 0 bridgehead atoms. The zero-order valence-electron chi connectivity index (χ0n) is 15.8. The molecule has 0 atom stereocenters. The summed E-state index contributed by atoms with van der Waals surface area (Å²) in [6.45, 7) is 0.351. The molecule has 1 heterocycles. The fourth-order valence-electron chi connectivity index (χ4n) is 3.17. The van der Waals surface area contributed by atoms with Crippen molar-refractivity contribution in [3.05, 3.63) is 65.5 Å². The Hall–Kier alpha value is -2.58. The zero-order chi connectivity index (χ0) is 20.9. The summed E-state index contributed by atoms with van der Waals surface area (Å²) in [7, 11) is -3.70. The van der Waals surface area contributed by atoms with Gasteiger partial charge in [0, 0.05) is 18.7 Å². The number of hydrogen-bond donors (Lipinski definition) is 0. The molecule has 0 amide bonds. The van der Waals surface area contributed by atoms with Gasteiger partial charge in [0.1, 0.15) is 5.82 Å². The van der Waals surface area contributed by atoms with Crippen molar-refractivity contribution in [1.82, 2.24) is 4.31 Å². The Morgan fingerprint density at radius 1 is 0.931 bits per heavy atom. The maximum absolute atomic E-state index is 13.2. The van der Waals surface area contributed by atoms with E-state index in [1.54, 1.807) is 0 Å². The lowest BCUT2D eigenvalue weighted by atomic mass is 10.1. The molecule has 2 aromatic carbocycles. The van der Waals surface area contributed by atoms with Crippen molar-refractivity contribution < 1.29 is 27.1 Å². The lowest BCUT2D eigenvalue weighted by Crippen LogP contribution is -2.32. The van der Waals surface area contributed by atoms with Crippen LogP contribution in [0.2, 0.25) is 0 Å². The second kappa shape index (κ2) is 9.28. The molecule has 0 aromatic heterocycles. The first-order valence-corrected chi connectivity index (χ1v) is 10.9. The number of halogens is 1. The quantitative estimate of drug-likeness (QED) is 0.529. The van der Waals surface area contributed by atoms with Crippen LogP contribution in [0, 0.1) is 5.82 Å². The van der Waals surface area contributed by atoms with Crippen LogP contribution in [0.25, 0.3) is 0 Å². The summed E-state index contributed by atoms with van der Waals surface area (Å²) in [6, 6.07) is 10.7. The molecular formula is C21H22FNO5S. The van der Waals surface area contributed by atoms with Gasteiger partial charge < -0.3 is 4.74 Å². The van der Waals surface area contributed by atoms with Gasteiger partial charge in [0.05, 0.1) is 10.5 Å². The Morgan fingerprint density at radius 3 is 2.28 bits per heavy atom. The fourth-order valence-corrected chi connectivity index (χ4v) is 4.74. The van der Waals surface area contributed by atoms with Gasteiger partial charge >= 0.3 is 5.97 Å². The normalized spacial score (nSPS) is 15.5. The first kappa shape index (κ1) is 21.1. The lowest BCUT2D eigenvalue weighted by molar-refractivity contribution is 0.0474. The van der Waals surface area contributed by atoms with E-state index in [0.29, 0.717) is 13.1 Å². The minimum Gasteiger partial charge on any atom is -0.454 e. The highest BCUT2D eigenvalue weighted by Crippen LogP contribution is 2.21. The number of rotatable bonds is 6. The van der Waals surface area contributed by atoms with E-state index < -0.39 is 34.2 Å². The van der Waals surface area contributed by atoms with Crippen molar-refractivity contribution >= 4 is 21.8 Å². The second-order valence-electron chi connectivity index (χ2n) is 6.86. The van der Waals surface area contributed by atoms with E-state index in [4.69, 9.17) is 4.74 Å². The number of carbonyl (C=O) groups excluding carboxylic acids is 2. The van der Waals surface area contributed by atoms with Crippen LogP contribution in [0.15, 0.2) is 53.4 Å². The lowest BCUT2D eigenvalue weighted by Gasteiger charge is -2.20. The van der Waals surface area contributed by atoms with E-state index in [0.717, 1.165) is 31.7 Å². The van der Waals surface area contributed by atoms with Crippen LogP contribution < -0.4 is 0 Å². The molecule has 29 heavy (non-hydrogen) atoms. The average Bonchev–Trinajstić information content (AvgIpc) is 3.02. The van der Waals surface area contributed by atoms with Gasteiger partial charge in [-0.2, -0.15) is 4.31 Å². The SMILES string of the molecule is O=C(COC(=O)c1cccc(S(=O)(=O)N2CCCCCC2)c1)c1cccc(F)c1. The Bertz CT molecular complexity index is 998. The minimum atomic E-state index is -3.70. The first-order chi connectivity index (χ1) is 13.9. The number of benzene rings is 2. The predicted octanol–water partition coefficient (Wildman–Crippen LogP) is 3.43. The van der Waals surface area contributed by atoms with Gasteiger partial charge in [0.25, 0.3) is 0 Å². The molecule has 2 aromatic rings. The number of Topliss-reactive ketones (excluding diaryl/α,β-unsaturated/α-hetero) is 1. The van der Waals surface area contributed by atoms with Gasteiger partial charge in [-0.1, -0.05) is 31.0 Å². The molecule has 1 aliphatic rings. The summed E-state index contributed by atoms with van der Waals surface area (Å²) in [5.41, 5.74) is 0.128. The van der Waals surface area contributed by atoms with Crippen LogP contribution in [0.1, 0.15) is 46.4 Å². The molecule has 0 saturated carbocycles. The maximum Gasteiger partial charge on any atom is 0.338 e. The number of carbonyl (C=O) groups is 2. The van der Waals surface area contributed by atoms with E-state index in [1.165, 1.54) is 46.8 Å². The van der Waals surface area contributed by atoms with Crippen LogP contribution in [-0.2, 0) is 14.8 Å². The van der Waals surface area contributed by atoms with Crippen LogP contribution in [0.5, 0.6) is 0 Å². The minimum absolute atomic E-state index is 0.0188. The first-order valence-electron chi connectivity index (χ1n) is 9.44. The van der Waals surface area contributed by atoms with Crippen LogP contribution >= 0.6 is 0 Å². The van der Waals surface area contributed by atoms with Crippen LogP contribution in [-0.4, -0.2) is 44.2 Å². The molecule has 0 unspecified atom stereocenters. The fraction of sp³-hybridized carbons (Fsp3) is 0.333. The summed E-state index contributed by atoms with van der Waals surface area (Å²) in [4.78, 5) is 24.4. The topological polar surface area (TPSA) is 80.8 Å². The van der Waals surface area contributed by atoms with Crippen molar-refractivity contribution in [2.75, 3.05) is 19.7 Å². The van der Waals surface area contributed by atoms with Crippen molar-refractivity contribution in [1.29, 1.82) is 0 Å². The predicted molar refractivity (Wildman–Crippen MR) is 105 cm³/mol. The monoisotopic (exact) mass is 419 g/mol. The van der Waals surface area contributed by atoms with Gasteiger partial charge in [-0.05, 0) is 43.2 Å².